The summed E-state index contributed by atoms with van der Waals surface area (Å²) in [5.74, 6) is 0.925. The zero-order valence-corrected chi connectivity index (χ0v) is 20.8. The number of nitrogens with zero attached hydrogens (tertiary/aromatic N) is 3. The number of anilines is 3. The van der Waals surface area contributed by atoms with Crippen LogP contribution in [0.1, 0.15) is 18.9 Å². The van der Waals surface area contributed by atoms with Gasteiger partial charge in [-0.1, -0.05) is 49.0 Å². The van der Waals surface area contributed by atoms with Crippen LogP contribution in [-0.2, 0) is 16.0 Å². The molecule has 37 heavy (non-hydrogen) atoms. The quantitative estimate of drug-likeness (QED) is 0.330. The number of nitrogens with one attached hydrogen (secondary N) is 2. The van der Waals surface area contributed by atoms with Crippen molar-refractivity contribution in [3.63, 3.8) is 0 Å². The van der Waals surface area contributed by atoms with E-state index in [0.717, 1.165) is 53.6 Å². The van der Waals surface area contributed by atoms with Gasteiger partial charge in [0.25, 0.3) is 0 Å². The van der Waals surface area contributed by atoms with Gasteiger partial charge in [0.1, 0.15) is 0 Å². The Hall–Kier alpha value is -4.52. The third-order valence-electron chi connectivity index (χ3n) is 6.70. The highest BCUT2D eigenvalue weighted by Gasteiger charge is 2.24. The second-order valence-electron chi connectivity index (χ2n) is 9.36. The lowest BCUT2D eigenvalue weighted by Gasteiger charge is -2.14. The molecule has 1 aliphatic heterocycles. The van der Waals surface area contributed by atoms with Crippen molar-refractivity contribution in [3.05, 3.63) is 91.1 Å². The molecule has 1 fully saturated rings. The number of carbonyl (C=O) groups excluding carboxylic acids is 2. The minimum absolute atomic E-state index is 0.160. The van der Waals surface area contributed by atoms with E-state index in [0.29, 0.717) is 17.6 Å². The second-order valence-corrected chi connectivity index (χ2v) is 9.36. The van der Waals surface area contributed by atoms with Crippen LogP contribution in [0.2, 0.25) is 0 Å². The van der Waals surface area contributed by atoms with Gasteiger partial charge in [0.05, 0.1) is 5.52 Å². The van der Waals surface area contributed by atoms with E-state index in [4.69, 9.17) is 4.98 Å². The molecule has 3 aromatic carbocycles. The van der Waals surface area contributed by atoms with Crippen molar-refractivity contribution in [2.75, 3.05) is 23.7 Å². The highest BCUT2D eigenvalue weighted by Crippen LogP contribution is 2.30. The van der Waals surface area contributed by atoms with Crippen molar-refractivity contribution in [1.29, 1.82) is 0 Å². The largest absolute Gasteiger partial charge is 0.343 e. The molecule has 2 heterocycles. The zero-order valence-electron chi connectivity index (χ0n) is 20.8. The van der Waals surface area contributed by atoms with Crippen molar-refractivity contribution in [3.8, 4) is 11.1 Å². The van der Waals surface area contributed by atoms with Crippen LogP contribution in [-0.4, -0.2) is 39.8 Å². The highest BCUT2D eigenvalue weighted by atomic mass is 16.2. The van der Waals surface area contributed by atoms with E-state index in [-0.39, 0.29) is 11.8 Å². The molecule has 2 amide bonds. The summed E-state index contributed by atoms with van der Waals surface area (Å²) in [7, 11) is 0. The van der Waals surface area contributed by atoms with Gasteiger partial charge in [-0.15, -0.1) is 0 Å². The standard InChI is InChI=1S/C30H29N5O2/c1-3-28(37)32-26-8-4-6-23(17-26)27-9-5-7-24-18-31-30(34-29(24)27)33-25-12-10-21(11-13-25)16-22-14-15-35(19-22)20(2)36/h3-13,17-18,22H,1,14-16,19H2,2H3,(H,32,37)(H,31,33,34)/t22-/m1/s1. The van der Waals surface area contributed by atoms with E-state index in [1.165, 1.54) is 11.6 Å². The van der Waals surface area contributed by atoms with Gasteiger partial charge in [-0.2, -0.15) is 0 Å². The lowest BCUT2D eigenvalue weighted by molar-refractivity contribution is -0.127. The molecule has 186 valence electrons. The summed E-state index contributed by atoms with van der Waals surface area (Å²) in [6.07, 6.45) is 5.08. The second kappa shape index (κ2) is 10.6. The summed E-state index contributed by atoms with van der Waals surface area (Å²) in [4.78, 5) is 34.6. The molecule has 0 radical (unpaired) electrons. The molecule has 7 nitrogen and oxygen atoms in total. The van der Waals surface area contributed by atoms with Gasteiger partial charge in [-0.3, -0.25) is 9.59 Å². The Bertz CT molecular complexity index is 1460. The van der Waals surface area contributed by atoms with Gasteiger partial charge in [0.15, 0.2) is 0 Å². The Morgan fingerprint density at radius 2 is 1.89 bits per heavy atom. The number of para-hydroxylation sites is 1. The Kier molecular flexibility index (Phi) is 6.94. The van der Waals surface area contributed by atoms with Crippen molar-refractivity contribution in [2.24, 2.45) is 5.92 Å². The van der Waals surface area contributed by atoms with Crippen LogP contribution >= 0.6 is 0 Å². The van der Waals surface area contributed by atoms with Crippen molar-refractivity contribution in [2.45, 2.75) is 19.8 Å². The molecular formula is C30H29N5O2. The molecule has 1 aliphatic rings. The fourth-order valence-corrected chi connectivity index (χ4v) is 4.78. The summed E-state index contributed by atoms with van der Waals surface area (Å²) in [6.45, 7) is 6.85. The first-order valence-electron chi connectivity index (χ1n) is 12.4. The average molecular weight is 492 g/mol. The van der Waals surface area contributed by atoms with Gasteiger partial charge in [-0.05, 0) is 60.2 Å². The normalized spacial score (nSPS) is 14.9. The van der Waals surface area contributed by atoms with Crippen molar-refractivity contribution < 1.29 is 9.59 Å². The van der Waals surface area contributed by atoms with Crippen LogP contribution in [0.15, 0.2) is 85.6 Å². The highest BCUT2D eigenvalue weighted by molar-refractivity contribution is 6.00. The summed E-state index contributed by atoms with van der Waals surface area (Å²) in [5, 5.41) is 7.05. The molecule has 1 saturated heterocycles. The van der Waals surface area contributed by atoms with Gasteiger partial charge in [0.2, 0.25) is 17.8 Å². The van der Waals surface area contributed by atoms with Crippen molar-refractivity contribution in [1.82, 2.24) is 14.9 Å². The maximum atomic E-state index is 11.7. The van der Waals surface area contributed by atoms with Gasteiger partial charge >= 0.3 is 0 Å². The van der Waals surface area contributed by atoms with Crippen LogP contribution in [0.5, 0.6) is 0 Å². The number of carbonyl (C=O) groups is 2. The SMILES string of the molecule is C=CC(=O)Nc1cccc(-c2cccc3cnc(Nc4ccc(C[C@H]5CCN(C(C)=O)C5)cc4)nc23)c1. The maximum absolute atomic E-state index is 11.7. The number of hydrogen-bond acceptors (Lipinski definition) is 5. The monoisotopic (exact) mass is 491 g/mol. The Labute approximate surface area is 216 Å². The van der Waals surface area contributed by atoms with Crippen LogP contribution in [0, 0.1) is 5.92 Å². The number of aromatic nitrogens is 2. The summed E-state index contributed by atoms with van der Waals surface area (Å²) < 4.78 is 0. The van der Waals surface area contributed by atoms with E-state index < -0.39 is 0 Å². The molecule has 1 atom stereocenters. The summed E-state index contributed by atoms with van der Waals surface area (Å²) in [5.41, 5.74) is 5.57. The molecule has 0 aliphatic carbocycles. The smallest absolute Gasteiger partial charge is 0.247 e. The number of benzene rings is 3. The summed E-state index contributed by atoms with van der Waals surface area (Å²) >= 11 is 0. The minimum atomic E-state index is -0.254. The number of fused-ring (bicyclic) bond motifs is 1. The third-order valence-corrected chi connectivity index (χ3v) is 6.70. The number of rotatable bonds is 7. The maximum Gasteiger partial charge on any atom is 0.247 e. The topological polar surface area (TPSA) is 87.2 Å². The molecule has 0 unspecified atom stereocenters. The zero-order chi connectivity index (χ0) is 25.8. The molecule has 7 heteroatoms. The lowest BCUT2D eigenvalue weighted by Crippen LogP contribution is -2.26. The van der Waals surface area contributed by atoms with Crippen molar-refractivity contribution >= 4 is 40.0 Å². The predicted octanol–water partition coefficient (Wildman–Crippen LogP) is 5.58. The van der Waals surface area contributed by atoms with E-state index in [9.17, 15) is 9.59 Å². The van der Waals surface area contributed by atoms with Crippen LogP contribution in [0.3, 0.4) is 0 Å². The molecular weight excluding hydrogens is 462 g/mol. The molecule has 2 N–H and O–H groups in total. The number of hydrogen-bond donors (Lipinski definition) is 2. The minimum Gasteiger partial charge on any atom is -0.343 e. The van der Waals surface area contributed by atoms with Crippen LogP contribution < -0.4 is 10.6 Å². The number of amides is 2. The van der Waals surface area contributed by atoms with Gasteiger partial charge < -0.3 is 15.5 Å². The summed E-state index contributed by atoms with van der Waals surface area (Å²) in [6, 6.07) is 21.9. The van der Waals surface area contributed by atoms with Gasteiger partial charge in [0, 0.05) is 48.5 Å². The third kappa shape index (κ3) is 5.67. The van der Waals surface area contributed by atoms with Crippen LogP contribution in [0.4, 0.5) is 17.3 Å². The fourth-order valence-electron chi connectivity index (χ4n) is 4.78. The van der Waals surface area contributed by atoms with E-state index >= 15 is 0 Å². The van der Waals surface area contributed by atoms with Crippen LogP contribution in [0.25, 0.3) is 22.0 Å². The van der Waals surface area contributed by atoms with Gasteiger partial charge in [-0.25, -0.2) is 9.97 Å². The molecule has 0 bridgehead atoms. The predicted molar refractivity (Wildman–Crippen MR) is 148 cm³/mol. The first-order valence-corrected chi connectivity index (χ1v) is 12.4. The fraction of sp³-hybridized carbons (Fsp3) is 0.200. The van der Waals surface area contributed by atoms with E-state index in [2.05, 4.69) is 34.3 Å². The van der Waals surface area contributed by atoms with E-state index in [1.54, 1.807) is 6.92 Å². The molecule has 1 aromatic heterocycles. The Morgan fingerprint density at radius 3 is 2.65 bits per heavy atom. The molecule has 0 spiro atoms. The molecule has 5 rings (SSSR count). The number of likely N-dealkylation sites (tertiary alicyclic amines) is 1. The van der Waals surface area contributed by atoms with E-state index in [1.807, 2.05) is 65.7 Å². The molecule has 4 aromatic rings. The Balaban J connectivity index is 1.33. The first kappa shape index (κ1) is 24.2. The Morgan fingerprint density at radius 1 is 1.08 bits per heavy atom. The lowest BCUT2D eigenvalue weighted by atomic mass is 9.98. The average Bonchev–Trinajstić information content (AvgIpc) is 3.38. The first-order chi connectivity index (χ1) is 18.0. The molecule has 0 saturated carbocycles.